The number of carbonyl (C=O) groups excluding carboxylic acids is 3. The van der Waals surface area contributed by atoms with Crippen LogP contribution in [0.25, 0.3) is 0 Å². The van der Waals surface area contributed by atoms with Crippen LogP contribution in [0.3, 0.4) is 0 Å². The van der Waals surface area contributed by atoms with Crippen LogP contribution in [0.4, 0.5) is 15.3 Å². The highest BCUT2D eigenvalue weighted by Gasteiger charge is 2.34. The maximum absolute atomic E-state index is 12.8. The highest BCUT2D eigenvalue weighted by molar-refractivity contribution is 5.91. The molecule has 4 heterocycles. The number of piperidine rings is 3. The molecular formula is C37H53N5O6. The molecule has 0 aliphatic carbocycles. The summed E-state index contributed by atoms with van der Waals surface area (Å²) in [7, 11) is 0. The van der Waals surface area contributed by atoms with Crippen molar-refractivity contribution in [2.24, 2.45) is 0 Å². The van der Waals surface area contributed by atoms with Gasteiger partial charge in [-0.15, -0.1) is 0 Å². The van der Waals surface area contributed by atoms with Crippen LogP contribution in [0.15, 0.2) is 36.4 Å². The van der Waals surface area contributed by atoms with Crippen molar-refractivity contribution in [2.75, 3.05) is 57.7 Å². The van der Waals surface area contributed by atoms with Crippen molar-refractivity contribution in [3.63, 3.8) is 0 Å². The van der Waals surface area contributed by atoms with Crippen molar-refractivity contribution in [3.05, 3.63) is 58.7 Å². The van der Waals surface area contributed by atoms with Crippen molar-refractivity contribution >= 4 is 23.7 Å². The molecule has 48 heavy (non-hydrogen) atoms. The number of para-hydroxylation sites is 1. The van der Waals surface area contributed by atoms with E-state index in [4.69, 9.17) is 4.74 Å². The first-order chi connectivity index (χ1) is 22.9. The van der Waals surface area contributed by atoms with Crippen molar-refractivity contribution in [2.45, 2.75) is 90.3 Å². The fraction of sp³-hybridized carbons (Fsp3) is 0.595. The number of aryl methyl sites for hydroxylation is 3. The molecule has 0 saturated carbocycles. The molecule has 11 heteroatoms. The van der Waals surface area contributed by atoms with Gasteiger partial charge in [-0.1, -0.05) is 35.9 Å². The Bertz CT molecular complexity index is 1410. The molecule has 2 aromatic rings. The van der Waals surface area contributed by atoms with Gasteiger partial charge < -0.3 is 39.9 Å². The first-order valence-corrected chi connectivity index (χ1v) is 17.5. The second kappa shape index (κ2) is 15.6. The van der Waals surface area contributed by atoms with Gasteiger partial charge in [0.2, 0.25) is 0 Å². The molecule has 3 fully saturated rings. The number of aromatic hydroxyl groups is 1. The molecule has 4 aliphatic heterocycles. The molecule has 0 atom stereocenters. The van der Waals surface area contributed by atoms with E-state index in [9.17, 15) is 24.6 Å². The molecule has 4 amide bonds. The Hall–Kier alpha value is -3.83. The standard InChI is InChI=1S/C28H41N5O5.C9H12O/c1-28(37)11-18-30(19-12-28)22-7-13-31(14-8-22)25(34)20-38-27(36)32-15-9-23(10-16-32)33-17-6-21-4-2-3-5-24(21)29-26(33)35;1-6-4-7(2)9(10)8(3)5-6/h2-5,22-23,37H,6-20H2,1H3,(H,29,35);4-5,10H,1-3H3. The fourth-order valence-corrected chi connectivity index (χ4v) is 7.43. The number of likely N-dealkylation sites (tertiary alicyclic amines) is 3. The minimum absolute atomic E-state index is 0.0716. The third kappa shape index (κ3) is 8.99. The number of rotatable bonds is 4. The Balaban J connectivity index is 0.000000387. The highest BCUT2D eigenvalue weighted by Crippen LogP contribution is 2.27. The summed E-state index contributed by atoms with van der Waals surface area (Å²) in [6.45, 7) is 12.3. The van der Waals surface area contributed by atoms with Crippen LogP contribution in [-0.4, -0.2) is 118 Å². The number of amides is 4. The maximum atomic E-state index is 12.8. The Morgan fingerprint density at radius 2 is 1.46 bits per heavy atom. The summed E-state index contributed by atoms with van der Waals surface area (Å²) in [6.07, 6.45) is 5.11. The van der Waals surface area contributed by atoms with Crippen molar-refractivity contribution in [1.82, 2.24) is 19.6 Å². The maximum Gasteiger partial charge on any atom is 0.410 e. The molecular weight excluding hydrogens is 610 g/mol. The number of nitrogens with zero attached hydrogens (tertiary/aromatic N) is 4. The van der Waals surface area contributed by atoms with Crippen molar-refractivity contribution < 1.29 is 29.3 Å². The van der Waals surface area contributed by atoms with E-state index in [1.807, 2.05) is 69.0 Å². The SMILES string of the molecule is CC1(O)CCN(C2CCN(C(=O)COC(=O)N3CCC(N4CCc5ccccc5NC4=O)CC3)CC2)CC1.Cc1cc(C)c(O)c(C)c1. The number of fused-ring (bicyclic) bond motifs is 1. The van der Waals surface area contributed by atoms with Crippen LogP contribution in [0.5, 0.6) is 5.75 Å². The quantitative estimate of drug-likeness (QED) is 0.428. The van der Waals surface area contributed by atoms with E-state index in [1.165, 1.54) is 5.56 Å². The third-order valence-electron chi connectivity index (χ3n) is 10.5. The summed E-state index contributed by atoms with van der Waals surface area (Å²) in [5.41, 5.74) is 4.57. The summed E-state index contributed by atoms with van der Waals surface area (Å²) >= 11 is 0. The van der Waals surface area contributed by atoms with Crippen LogP contribution in [-0.2, 0) is 16.0 Å². The number of phenols is 1. The van der Waals surface area contributed by atoms with Gasteiger partial charge in [-0.2, -0.15) is 0 Å². The smallest absolute Gasteiger partial charge is 0.410 e. The van der Waals surface area contributed by atoms with Gasteiger partial charge in [-0.05, 0) is 95.4 Å². The molecule has 2 aromatic carbocycles. The molecule has 0 bridgehead atoms. The second-order valence-corrected chi connectivity index (χ2v) is 14.2. The number of benzene rings is 2. The van der Waals surface area contributed by atoms with Gasteiger partial charge >= 0.3 is 12.1 Å². The third-order valence-corrected chi connectivity index (χ3v) is 10.5. The van der Waals surface area contributed by atoms with Crippen LogP contribution in [0.1, 0.15) is 67.7 Å². The van der Waals surface area contributed by atoms with E-state index in [-0.39, 0.29) is 24.6 Å². The first kappa shape index (κ1) is 35.5. The lowest BCUT2D eigenvalue weighted by atomic mass is 9.91. The van der Waals surface area contributed by atoms with Gasteiger partial charge in [0.05, 0.1) is 5.60 Å². The molecule has 0 aromatic heterocycles. The Morgan fingerprint density at radius 3 is 2.10 bits per heavy atom. The Kier molecular flexibility index (Phi) is 11.5. The normalized spacial score (nSPS) is 20.6. The summed E-state index contributed by atoms with van der Waals surface area (Å²) in [4.78, 5) is 46.0. The molecule has 3 N–H and O–H groups in total. The van der Waals surface area contributed by atoms with E-state index in [0.29, 0.717) is 57.4 Å². The van der Waals surface area contributed by atoms with Crippen molar-refractivity contribution in [1.29, 1.82) is 0 Å². The monoisotopic (exact) mass is 663 g/mol. The molecule has 6 rings (SSSR count). The second-order valence-electron chi connectivity index (χ2n) is 14.2. The molecule has 4 aliphatic rings. The topological polar surface area (TPSA) is 126 Å². The molecule has 0 radical (unpaired) electrons. The van der Waals surface area contributed by atoms with Crippen LogP contribution < -0.4 is 5.32 Å². The molecule has 262 valence electrons. The predicted octanol–water partition coefficient (Wildman–Crippen LogP) is 4.83. The van der Waals surface area contributed by atoms with Gasteiger partial charge in [0.1, 0.15) is 5.75 Å². The molecule has 0 spiro atoms. The zero-order chi connectivity index (χ0) is 34.4. The number of aliphatic hydroxyl groups is 1. The lowest BCUT2D eigenvalue weighted by Crippen LogP contribution is -2.52. The Morgan fingerprint density at radius 1 is 0.875 bits per heavy atom. The van der Waals surface area contributed by atoms with Crippen LogP contribution in [0.2, 0.25) is 0 Å². The lowest BCUT2D eigenvalue weighted by molar-refractivity contribution is -0.136. The number of ether oxygens (including phenoxy) is 1. The number of carbonyl (C=O) groups is 3. The first-order valence-electron chi connectivity index (χ1n) is 17.5. The van der Waals surface area contributed by atoms with E-state index in [2.05, 4.69) is 10.2 Å². The highest BCUT2D eigenvalue weighted by atomic mass is 16.6. The number of urea groups is 1. The van der Waals surface area contributed by atoms with Gasteiger partial charge in [0, 0.05) is 63.6 Å². The summed E-state index contributed by atoms with van der Waals surface area (Å²) < 4.78 is 5.39. The number of nitrogens with one attached hydrogen (secondary N) is 1. The zero-order valence-electron chi connectivity index (χ0n) is 29.0. The summed E-state index contributed by atoms with van der Waals surface area (Å²) in [5, 5.41) is 22.5. The Labute approximate surface area is 284 Å². The van der Waals surface area contributed by atoms with Crippen LogP contribution >= 0.6 is 0 Å². The zero-order valence-corrected chi connectivity index (χ0v) is 29.0. The molecule has 0 unspecified atom stereocenters. The largest absolute Gasteiger partial charge is 0.507 e. The van der Waals surface area contributed by atoms with Crippen LogP contribution in [0, 0.1) is 20.8 Å². The number of phenolic OH excluding ortho intramolecular Hbond substituents is 1. The molecule has 3 saturated heterocycles. The summed E-state index contributed by atoms with van der Waals surface area (Å²) in [5.74, 6) is 0.277. The number of hydrogen-bond acceptors (Lipinski definition) is 7. The van der Waals surface area contributed by atoms with E-state index >= 15 is 0 Å². The summed E-state index contributed by atoms with van der Waals surface area (Å²) in [6, 6.07) is 12.3. The lowest BCUT2D eigenvalue weighted by Gasteiger charge is -2.43. The van der Waals surface area contributed by atoms with Gasteiger partial charge in [0.25, 0.3) is 5.91 Å². The number of anilines is 1. The van der Waals surface area contributed by atoms with E-state index in [1.54, 1.807) is 9.80 Å². The fourth-order valence-electron chi connectivity index (χ4n) is 7.43. The average molecular weight is 664 g/mol. The van der Waals surface area contributed by atoms with E-state index < -0.39 is 11.7 Å². The average Bonchev–Trinajstić information content (AvgIpc) is 3.24. The van der Waals surface area contributed by atoms with Gasteiger partial charge in [-0.25, -0.2) is 9.59 Å². The molecule has 11 nitrogen and oxygen atoms in total. The predicted molar refractivity (Wildman–Crippen MR) is 185 cm³/mol. The minimum atomic E-state index is -0.555. The van der Waals surface area contributed by atoms with Gasteiger partial charge in [0.15, 0.2) is 6.61 Å². The van der Waals surface area contributed by atoms with Crippen molar-refractivity contribution in [3.8, 4) is 5.75 Å². The van der Waals surface area contributed by atoms with Gasteiger partial charge in [-0.3, -0.25) is 4.79 Å². The minimum Gasteiger partial charge on any atom is -0.507 e. The number of hydrogen-bond donors (Lipinski definition) is 3. The van der Waals surface area contributed by atoms with E-state index in [0.717, 1.165) is 67.6 Å².